The topological polar surface area (TPSA) is 79.5 Å². The van der Waals surface area contributed by atoms with E-state index in [0.29, 0.717) is 23.5 Å². The summed E-state index contributed by atoms with van der Waals surface area (Å²) >= 11 is 3.39. The third-order valence-electron chi connectivity index (χ3n) is 4.13. The minimum Gasteiger partial charge on any atom is -0.494 e. The lowest BCUT2D eigenvalue weighted by Crippen LogP contribution is -2.21. The van der Waals surface area contributed by atoms with Gasteiger partial charge in [0.2, 0.25) is 5.91 Å². The van der Waals surface area contributed by atoms with Crippen molar-refractivity contribution in [1.29, 1.82) is 0 Å². The molecule has 0 atom stereocenters. The molecule has 0 heterocycles. The van der Waals surface area contributed by atoms with Crippen LogP contribution >= 0.6 is 15.9 Å². The fraction of sp³-hybridized carbons (Fsp3) is 0.130. The lowest BCUT2D eigenvalue weighted by atomic mass is 10.2. The highest BCUT2D eigenvalue weighted by molar-refractivity contribution is 9.10. The van der Waals surface area contributed by atoms with E-state index in [4.69, 9.17) is 4.74 Å². The maximum absolute atomic E-state index is 12.4. The molecule has 0 spiro atoms. The second-order valence-electron chi connectivity index (χ2n) is 6.40. The molecule has 0 aliphatic carbocycles. The van der Waals surface area contributed by atoms with Crippen molar-refractivity contribution in [2.45, 2.75) is 6.92 Å². The molecule has 0 aromatic heterocycles. The average Bonchev–Trinajstić information content (AvgIpc) is 2.74. The van der Waals surface area contributed by atoms with E-state index in [1.807, 2.05) is 31.2 Å². The first-order chi connectivity index (χ1) is 14.5. The van der Waals surface area contributed by atoms with E-state index in [1.165, 1.54) is 0 Å². The van der Waals surface area contributed by atoms with Gasteiger partial charge in [-0.3, -0.25) is 9.59 Å². The molecule has 0 saturated heterocycles. The second kappa shape index (κ2) is 10.5. The van der Waals surface area contributed by atoms with Gasteiger partial charge < -0.3 is 20.7 Å². The fourth-order valence-electron chi connectivity index (χ4n) is 2.70. The van der Waals surface area contributed by atoms with Crippen molar-refractivity contribution in [2.24, 2.45) is 0 Å². The van der Waals surface area contributed by atoms with Crippen molar-refractivity contribution < 1.29 is 14.3 Å². The molecule has 3 N–H and O–H groups in total. The minimum absolute atomic E-state index is 0.135. The van der Waals surface area contributed by atoms with Gasteiger partial charge in [0, 0.05) is 27.1 Å². The van der Waals surface area contributed by atoms with Crippen molar-refractivity contribution in [3.8, 4) is 5.75 Å². The molecule has 30 heavy (non-hydrogen) atoms. The summed E-state index contributed by atoms with van der Waals surface area (Å²) in [5, 5.41) is 8.70. The van der Waals surface area contributed by atoms with E-state index in [0.717, 1.165) is 15.9 Å². The number of ether oxygens (including phenoxy) is 1. The first kappa shape index (κ1) is 21.4. The van der Waals surface area contributed by atoms with E-state index in [-0.39, 0.29) is 18.4 Å². The third kappa shape index (κ3) is 6.35. The Kier molecular flexibility index (Phi) is 7.45. The number of carbonyl (C=O) groups is 2. The quantitative estimate of drug-likeness (QED) is 0.427. The number of halogens is 1. The number of carbonyl (C=O) groups excluding carboxylic acids is 2. The lowest BCUT2D eigenvalue weighted by Gasteiger charge is -2.10. The Balaban J connectivity index is 1.51. The average molecular weight is 468 g/mol. The molecule has 0 unspecified atom stereocenters. The normalized spacial score (nSPS) is 10.2. The highest BCUT2D eigenvalue weighted by Crippen LogP contribution is 2.18. The van der Waals surface area contributed by atoms with Crippen LogP contribution in [0.5, 0.6) is 5.75 Å². The number of amides is 2. The van der Waals surface area contributed by atoms with Gasteiger partial charge in [0.15, 0.2) is 0 Å². The van der Waals surface area contributed by atoms with Crippen molar-refractivity contribution >= 4 is 44.8 Å². The highest BCUT2D eigenvalue weighted by atomic mass is 79.9. The van der Waals surface area contributed by atoms with Crippen LogP contribution < -0.4 is 20.7 Å². The van der Waals surface area contributed by atoms with Gasteiger partial charge in [-0.05, 0) is 73.7 Å². The van der Waals surface area contributed by atoms with Crippen molar-refractivity contribution in [3.63, 3.8) is 0 Å². The minimum atomic E-state index is -0.228. The summed E-state index contributed by atoms with van der Waals surface area (Å²) in [6.45, 7) is 2.64. The van der Waals surface area contributed by atoms with Gasteiger partial charge in [0.1, 0.15) is 5.75 Å². The lowest BCUT2D eigenvalue weighted by molar-refractivity contribution is -0.114. The molecule has 6 nitrogen and oxygen atoms in total. The predicted octanol–water partition coefficient (Wildman–Crippen LogP) is 5.15. The van der Waals surface area contributed by atoms with Gasteiger partial charge >= 0.3 is 0 Å². The van der Waals surface area contributed by atoms with Crippen LogP contribution in [0.2, 0.25) is 0 Å². The third-order valence-corrected chi connectivity index (χ3v) is 4.62. The van der Waals surface area contributed by atoms with Crippen LogP contribution in [-0.4, -0.2) is 25.0 Å². The summed E-state index contributed by atoms with van der Waals surface area (Å²) in [6.07, 6.45) is 0. The van der Waals surface area contributed by atoms with Crippen LogP contribution in [0.3, 0.4) is 0 Å². The monoisotopic (exact) mass is 467 g/mol. The molecule has 0 aliphatic rings. The summed E-state index contributed by atoms with van der Waals surface area (Å²) < 4.78 is 6.33. The second-order valence-corrected chi connectivity index (χ2v) is 7.32. The fourth-order valence-corrected chi connectivity index (χ4v) is 3.09. The molecule has 0 saturated carbocycles. The Hall–Kier alpha value is -3.32. The predicted molar refractivity (Wildman–Crippen MR) is 123 cm³/mol. The zero-order chi connectivity index (χ0) is 21.3. The standard InChI is InChI=1S/C23H22BrN3O3/c1-2-30-21-12-10-19(11-13-21)27-23(29)16-6-8-18(9-7-16)26-22(28)15-25-20-5-3-4-17(24)14-20/h3-14,25H,2,15H2,1H3,(H,26,28)(H,27,29). The molecule has 7 heteroatoms. The zero-order valence-corrected chi connectivity index (χ0v) is 18.0. The Labute approximate surface area is 183 Å². The molecule has 2 amide bonds. The van der Waals surface area contributed by atoms with Crippen LogP contribution in [0.25, 0.3) is 0 Å². The molecule has 3 aromatic carbocycles. The molecule has 0 bridgehead atoms. The van der Waals surface area contributed by atoms with E-state index in [1.54, 1.807) is 48.5 Å². The molecule has 3 aromatic rings. The van der Waals surface area contributed by atoms with E-state index in [2.05, 4.69) is 31.9 Å². The van der Waals surface area contributed by atoms with Gasteiger partial charge in [-0.15, -0.1) is 0 Å². The number of benzene rings is 3. The summed E-state index contributed by atoms with van der Waals surface area (Å²) in [7, 11) is 0. The van der Waals surface area contributed by atoms with Gasteiger partial charge in [0.05, 0.1) is 13.2 Å². The Morgan fingerprint density at radius 3 is 2.20 bits per heavy atom. The largest absolute Gasteiger partial charge is 0.494 e. The zero-order valence-electron chi connectivity index (χ0n) is 16.4. The number of nitrogens with one attached hydrogen (secondary N) is 3. The Bertz CT molecular complexity index is 1000. The van der Waals surface area contributed by atoms with Gasteiger partial charge in [0.25, 0.3) is 5.91 Å². The van der Waals surface area contributed by atoms with E-state index in [9.17, 15) is 9.59 Å². The molecule has 0 fully saturated rings. The molecule has 154 valence electrons. The smallest absolute Gasteiger partial charge is 0.255 e. The van der Waals surface area contributed by atoms with Crippen molar-refractivity contribution in [2.75, 3.05) is 29.1 Å². The van der Waals surface area contributed by atoms with Crippen LogP contribution in [0, 0.1) is 0 Å². The summed E-state index contributed by atoms with van der Waals surface area (Å²) in [5.74, 6) is 0.347. The molecule has 0 radical (unpaired) electrons. The molecule has 0 aliphatic heterocycles. The number of hydrogen-bond donors (Lipinski definition) is 3. The van der Waals surface area contributed by atoms with Gasteiger partial charge in [-0.2, -0.15) is 0 Å². The summed E-state index contributed by atoms with van der Waals surface area (Å²) in [4.78, 5) is 24.5. The number of anilines is 3. The van der Waals surface area contributed by atoms with Crippen LogP contribution in [0.4, 0.5) is 17.1 Å². The van der Waals surface area contributed by atoms with Gasteiger partial charge in [-0.1, -0.05) is 22.0 Å². The van der Waals surface area contributed by atoms with E-state index < -0.39 is 0 Å². The molecular formula is C23H22BrN3O3. The number of rotatable bonds is 8. The highest BCUT2D eigenvalue weighted by Gasteiger charge is 2.08. The summed E-state index contributed by atoms with van der Waals surface area (Å²) in [6, 6.07) is 21.5. The van der Waals surface area contributed by atoms with E-state index >= 15 is 0 Å². The molecule has 3 rings (SSSR count). The van der Waals surface area contributed by atoms with Crippen LogP contribution in [-0.2, 0) is 4.79 Å². The Morgan fingerprint density at radius 2 is 1.53 bits per heavy atom. The number of hydrogen-bond acceptors (Lipinski definition) is 4. The van der Waals surface area contributed by atoms with Crippen LogP contribution in [0.15, 0.2) is 77.3 Å². The Morgan fingerprint density at radius 1 is 0.867 bits per heavy atom. The maximum atomic E-state index is 12.4. The molecular weight excluding hydrogens is 446 g/mol. The SMILES string of the molecule is CCOc1ccc(NC(=O)c2ccc(NC(=O)CNc3cccc(Br)c3)cc2)cc1. The van der Waals surface area contributed by atoms with Gasteiger partial charge in [-0.25, -0.2) is 0 Å². The maximum Gasteiger partial charge on any atom is 0.255 e. The van der Waals surface area contributed by atoms with Crippen LogP contribution in [0.1, 0.15) is 17.3 Å². The first-order valence-corrected chi connectivity index (χ1v) is 10.3. The summed E-state index contributed by atoms with van der Waals surface area (Å²) in [5.41, 5.74) is 2.64. The first-order valence-electron chi connectivity index (χ1n) is 9.47. The van der Waals surface area contributed by atoms with Crippen molar-refractivity contribution in [3.05, 3.63) is 82.8 Å². The van der Waals surface area contributed by atoms with Crippen molar-refractivity contribution in [1.82, 2.24) is 0 Å².